The molecule has 0 aromatic heterocycles. The molecule has 0 fully saturated rings. The van der Waals surface area contributed by atoms with Gasteiger partial charge in [0.05, 0.1) is 23.7 Å². The zero-order valence-electron chi connectivity index (χ0n) is 14.3. The quantitative estimate of drug-likeness (QED) is 0.225. The predicted octanol–water partition coefficient (Wildman–Crippen LogP) is 0.678. The van der Waals surface area contributed by atoms with Crippen molar-refractivity contribution in [2.24, 2.45) is 0 Å². The molecule has 1 rings (SSSR count). The first-order chi connectivity index (χ1) is 12.0. The van der Waals surface area contributed by atoms with Gasteiger partial charge in [-0.2, -0.15) is 0 Å². The van der Waals surface area contributed by atoms with Gasteiger partial charge in [0, 0.05) is 25.7 Å². The topological polar surface area (TPSA) is 137 Å². The van der Waals surface area contributed by atoms with Gasteiger partial charge in [-0.1, -0.05) is 6.42 Å². The maximum Gasteiger partial charge on any atom is 0.314 e. The number of nitrogens with zero attached hydrogens (tertiary/aromatic N) is 1. The second kappa shape index (κ2) is 11.3. The van der Waals surface area contributed by atoms with Crippen molar-refractivity contribution in [3.63, 3.8) is 0 Å². The molecule has 2 amide bonds. The average molecular weight is 354 g/mol. The van der Waals surface area contributed by atoms with Crippen LogP contribution in [0.2, 0.25) is 0 Å². The Hall–Kier alpha value is -2.23. The van der Waals surface area contributed by atoms with Crippen LogP contribution >= 0.6 is 0 Å². The van der Waals surface area contributed by atoms with Crippen LogP contribution < -0.4 is 16.0 Å². The number of aliphatic hydroxyl groups is 2. The minimum absolute atomic E-state index is 0.0465. The van der Waals surface area contributed by atoms with Crippen LogP contribution in [0, 0.1) is 10.1 Å². The highest BCUT2D eigenvalue weighted by molar-refractivity contribution is 5.73. The van der Waals surface area contributed by atoms with Crippen molar-refractivity contribution in [1.29, 1.82) is 0 Å². The van der Waals surface area contributed by atoms with E-state index >= 15 is 0 Å². The van der Waals surface area contributed by atoms with Crippen molar-refractivity contribution in [2.45, 2.75) is 31.4 Å². The summed E-state index contributed by atoms with van der Waals surface area (Å²) < 4.78 is 0. The Bertz CT molecular complexity index is 538. The van der Waals surface area contributed by atoms with E-state index in [1.54, 1.807) is 7.05 Å². The molecule has 2 atom stereocenters. The average Bonchev–Trinajstić information content (AvgIpc) is 2.63. The van der Waals surface area contributed by atoms with Gasteiger partial charge in [-0.3, -0.25) is 10.1 Å². The number of hydrogen-bond donors (Lipinski definition) is 5. The minimum atomic E-state index is -0.958. The summed E-state index contributed by atoms with van der Waals surface area (Å²) in [6.07, 6.45) is 1.60. The number of aliphatic hydroxyl groups excluding tert-OH is 2. The van der Waals surface area contributed by atoms with Crippen LogP contribution in [0.15, 0.2) is 24.3 Å². The summed E-state index contributed by atoms with van der Waals surface area (Å²) in [4.78, 5) is 21.1. The number of unbranched alkanes of at least 4 members (excludes halogenated alkanes) is 2. The SMILES string of the molecule is CNC(=O)NCCCCCN[C@H](CO)[C@H](O)c1ccc([N+](=O)[O-])cc1. The summed E-state index contributed by atoms with van der Waals surface area (Å²) in [6.45, 7) is 0.945. The van der Waals surface area contributed by atoms with E-state index in [4.69, 9.17) is 0 Å². The fraction of sp³-hybridized carbons (Fsp3) is 0.562. The molecule has 5 N–H and O–H groups in total. The molecule has 0 unspecified atom stereocenters. The number of urea groups is 1. The van der Waals surface area contributed by atoms with E-state index in [2.05, 4.69) is 16.0 Å². The van der Waals surface area contributed by atoms with E-state index < -0.39 is 17.1 Å². The molecule has 0 aliphatic carbocycles. The number of nitro benzene ring substituents is 1. The third-order valence-electron chi connectivity index (χ3n) is 3.80. The first-order valence-corrected chi connectivity index (χ1v) is 8.21. The zero-order chi connectivity index (χ0) is 18.7. The predicted molar refractivity (Wildman–Crippen MR) is 93.2 cm³/mol. The molecule has 0 heterocycles. The molecular weight excluding hydrogens is 328 g/mol. The largest absolute Gasteiger partial charge is 0.395 e. The number of carbonyl (C=O) groups excluding carboxylic acids is 1. The summed E-state index contributed by atoms with van der Waals surface area (Å²) in [7, 11) is 1.56. The monoisotopic (exact) mass is 354 g/mol. The lowest BCUT2D eigenvalue weighted by Gasteiger charge is -2.22. The molecule has 1 aromatic rings. The van der Waals surface area contributed by atoms with Gasteiger partial charge in [-0.25, -0.2) is 4.79 Å². The first kappa shape index (κ1) is 20.8. The molecule has 25 heavy (non-hydrogen) atoms. The Morgan fingerprint density at radius 1 is 1.20 bits per heavy atom. The highest BCUT2D eigenvalue weighted by Gasteiger charge is 2.20. The van der Waals surface area contributed by atoms with Crippen molar-refractivity contribution in [2.75, 3.05) is 26.7 Å². The van der Waals surface area contributed by atoms with Crippen LogP contribution in [0.4, 0.5) is 10.5 Å². The molecule has 0 aliphatic rings. The number of benzene rings is 1. The van der Waals surface area contributed by atoms with Gasteiger partial charge in [0.2, 0.25) is 0 Å². The lowest BCUT2D eigenvalue weighted by molar-refractivity contribution is -0.384. The van der Waals surface area contributed by atoms with Crippen molar-refractivity contribution >= 4 is 11.7 Å². The molecule has 0 aliphatic heterocycles. The Morgan fingerprint density at radius 2 is 1.84 bits per heavy atom. The smallest absolute Gasteiger partial charge is 0.314 e. The molecule has 0 bridgehead atoms. The van der Waals surface area contributed by atoms with Crippen molar-refractivity contribution in [3.8, 4) is 0 Å². The van der Waals surface area contributed by atoms with Crippen LogP contribution in [0.3, 0.4) is 0 Å². The number of nitro groups is 1. The maximum absolute atomic E-state index is 11.0. The van der Waals surface area contributed by atoms with Crippen LogP contribution in [-0.4, -0.2) is 54.0 Å². The summed E-state index contributed by atoms with van der Waals surface area (Å²) >= 11 is 0. The molecule has 140 valence electrons. The minimum Gasteiger partial charge on any atom is -0.395 e. The molecule has 0 radical (unpaired) electrons. The third kappa shape index (κ3) is 7.46. The molecule has 1 aromatic carbocycles. The Balaban J connectivity index is 2.32. The van der Waals surface area contributed by atoms with E-state index in [0.717, 1.165) is 19.3 Å². The van der Waals surface area contributed by atoms with Gasteiger partial charge < -0.3 is 26.2 Å². The molecule has 0 saturated heterocycles. The van der Waals surface area contributed by atoms with E-state index in [0.29, 0.717) is 18.7 Å². The summed E-state index contributed by atoms with van der Waals surface area (Å²) in [5.41, 5.74) is 0.460. The van der Waals surface area contributed by atoms with Crippen molar-refractivity contribution in [1.82, 2.24) is 16.0 Å². The third-order valence-corrected chi connectivity index (χ3v) is 3.80. The van der Waals surface area contributed by atoms with Crippen LogP contribution in [0.25, 0.3) is 0 Å². The van der Waals surface area contributed by atoms with Crippen LogP contribution in [-0.2, 0) is 0 Å². The van der Waals surface area contributed by atoms with Gasteiger partial charge in [0.25, 0.3) is 5.69 Å². The molecule has 0 saturated carbocycles. The number of nitrogens with one attached hydrogen (secondary N) is 3. The number of non-ortho nitro benzene ring substituents is 1. The maximum atomic E-state index is 11.0. The summed E-state index contributed by atoms with van der Waals surface area (Å²) in [5, 5.41) is 38.6. The highest BCUT2D eigenvalue weighted by atomic mass is 16.6. The van der Waals surface area contributed by atoms with Gasteiger partial charge in [0.15, 0.2) is 0 Å². The number of carbonyl (C=O) groups is 1. The van der Waals surface area contributed by atoms with Crippen molar-refractivity contribution in [3.05, 3.63) is 39.9 Å². The lowest BCUT2D eigenvalue weighted by Crippen LogP contribution is -2.38. The summed E-state index contributed by atoms with van der Waals surface area (Å²) in [5.74, 6) is 0. The van der Waals surface area contributed by atoms with E-state index in [-0.39, 0.29) is 18.3 Å². The first-order valence-electron chi connectivity index (χ1n) is 8.21. The second-order valence-corrected chi connectivity index (χ2v) is 5.60. The number of amides is 2. The van der Waals surface area contributed by atoms with E-state index in [9.17, 15) is 25.1 Å². The molecule has 0 spiro atoms. The lowest BCUT2D eigenvalue weighted by atomic mass is 10.0. The molecule has 9 nitrogen and oxygen atoms in total. The normalized spacial score (nSPS) is 13.1. The van der Waals surface area contributed by atoms with Crippen molar-refractivity contribution < 1.29 is 19.9 Å². The van der Waals surface area contributed by atoms with Gasteiger partial charge in [-0.15, -0.1) is 0 Å². The Kier molecular flexibility index (Phi) is 9.45. The standard InChI is InChI=1S/C16H26N4O5/c1-17-16(23)19-10-4-2-3-9-18-14(11-21)15(22)12-5-7-13(8-6-12)20(24)25/h5-8,14-15,18,21-22H,2-4,9-11H2,1H3,(H2,17,19,23)/t14-,15-/m1/s1. The fourth-order valence-electron chi connectivity index (χ4n) is 2.31. The van der Waals surface area contributed by atoms with Gasteiger partial charge >= 0.3 is 6.03 Å². The molecular formula is C16H26N4O5. The van der Waals surface area contributed by atoms with Crippen LogP contribution in [0.5, 0.6) is 0 Å². The molecule has 9 heteroatoms. The Labute approximate surface area is 146 Å². The zero-order valence-corrected chi connectivity index (χ0v) is 14.3. The van der Waals surface area contributed by atoms with E-state index in [1.807, 2.05) is 0 Å². The van der Waals surface area contributed by atoms with Gasteiger partial charge in [-0.05, 0) is 37.1 Å². The second-order valence-electron chi connectivity index (χ2n) is 5.60. The van der Waals surface area contributed by atoms with Gasteiger partial charge in [0.1, 0.15) is 0 Å². The number of hydrogen-bond acceptors (Lipinski definition) is 6. The highest BCUT2D eigenvalue weighted by Crippen LogP contribution is 2.20. The van der Waals surface area contributed by atoms with E-state index in [1.165, 1.54) is 24.3 Å². The summed E-state index contributed by atoms with van der Waals surface area (Å²) in [6, 6.07) is 4.86. The Morgan fingerprint density at radius 3 is 2.40 bits per heavy atom. The van der Waals surface area contributed by atoms with Crippen LogP contribution in [0.1, 0.15) is 30.9 Å². The fourth-order valence-corrected chi connectivity index (χ4v) is 2.31. The number of rotatable bonds is 11.